The van der Waals surface area contributed by atoms with Crippen molar-refractivity contribution in [1.29, 1.82) is 0 Å². The maximum Gasteiger partial charge on any atom is 0.337 e. The number of anilines is 1. The summed E-state index contributed by atoms with van der Waals surface area (Å²) in [6.45, 7) is 0. The topological polar surface area (TPSA) is 106 Å². The SMILES string of the molecule is COC(=O)c1ccc(C2C(=C(O)c3cccc(OC)c3)C(=O)C(=O)N2c2nccs2)cc1. The van der Waals surface area contributed by atoms with Crippen LogP contribution < -0.4 is 9.64 Å². The number of nitrogens with zero attached hydrogens (tertiary/aromatic N) is 2. The van der Waals surface area contributed by atoms with Gasteiger partial charge in [0.05, 0.1) is 31.4 Å². The molecule has 1 N–H and O–H groups in total. The summed E-state index contributed by atoms with van der Waals surface area (Å²) in [5, 5.41) is 13.1. The van der Waals surface area contributed by atoms with E-state index in [4.69, 9.17) is 9.47 Å². The lowest BCUT2D eigenvalue weighted by Gasteiger charge is -2.23. The molecule has 0 radical (unpaired) electrons. The maximum atomic E-state index is 13.0. The van der Waals surface area contributed by atoms with Crippen LogP contribution >= 0.6 is 11.3 Å². The van der Waals surface area contributed by atoms with E-state index in [9.17, 15) is 19.5 Å². The zero-order chi connectivity index (χ0) is 22.8. The molecule has 2 heterocycles. The van der Waals surface area contributed by atoms with Gasteiger partial charge in [-0.05, 0) is 29.8 Å². The number of ketones is 1. The van der Waals surface area contributed by atoms with Gasteiger partial charge in [0.25, 0.3) is 5.78 Å². The number of rotatable bonds is 5. The molecule has 1 aliphatic rings. The number of benzene rings is 2. The van der Waals surface area contributed by atoms with Crippen LogP contribution in [0.25, 0.3) is 5.76 Å². The van der Waals surface area contributed by atoms with E-state index in [1.807, 2.05) is 0 Å². The fourth-order valence-corrected chi connectivity index (χ4v) is 4.19. The second-order valence-electron chi connectivity index (χ2n) is 6.83. The molecule has 2 aromatic carbocycles. The van der Waals surface area contributed by atoms with E-state index in [1.54, 1.807) is 41.8 Å². The molecule has 0 aliphatic carbocycles. The van der Waals surface area contributed by atoms with Gasteiger partial charge in [0.1, 0.15) is 11.5 Å². The fourth-order valence-electron chi connectivity index (χ4n) is 3.53. The van der Waals surface area contributed by atoms with Gasteiger partial charge in [0, 0.05) is 17.1 Å². The Balaban J connectivity index is 1.90. The predicted molar refractivity (Wildman–Crippen MR) is 118 cm³/mol. The minimum absolute atomic E-state index is 0.0794. The number of methoxy groups -OCH3 is 2. The summed E-state index contributed by atoms with van der Waals surface area (Å²) in [6, 6.07) is 11.9. The van der Waals surface area contributed by atoms with E-state index in [0.29, 0.717) is 27.6 Å². The number of esters is 1. The Morgan fingerprint density at radius 1 is 1.09 bits per heavy atom. The van der Waals surface area contributed by atoms with Crippen LogP contribution in [0.5, 0.6) is 5.75 Å². The highest BCUT2D eigenvalue weighted by Gasteiger charge is 2.48. The first kappa shape index (κ1) is 21.3. The summed E-state index contributed by atoms with van der Waals surface area (Å²) >= 11 is 1.20. The van der Waals surface area contributed by atoms with Gasteiger partial charge in [-0.1, -0.05) is 24.3 Å². The highest BCUT2D eigenvalue weighted by atomic mass is 32.1. The van der Waals surface area contributed by atoms with Gasteiger partial charge in [-0.15, -0.1) is 11.3 Å². The standard InChI is InChI=1S/C23H18N2O6S/c1-30-16-5-3-4-15(12-16)19(26)17-18(13-6-8-14(9-7-13)22(29)31-2)25(21(28)20(17)27)23-24-10-11-32-23/h3-12,18,26H,1-2H3. The van der Waals surface area contributed by atoms with Crippen LogP contribution in [0.15, 0.2) is 65.7 Å². The number of carbonyl (C=O) groups is 3. The van der Waals surface area contributed by atoms with Gasteiger partial charge in [0.2, 0.25) is 0 Å². The van der Waals surface area contributed by atoms with Crippen molar-refractivity contribution in [3.63, 3.8) is 0 Å². The van der Waals surface area contributed by atoms with Crippen LogP contribution in [0, 0.1) is 0 Å². The molecule has 1 amide bonds. The first-order chi connectivity index (χ1) is 15.5. The van der Waals surface area contributed by atoms with E-state index in [-0.39, 0.29) is 11.3 Å². The lowest BCUT2D eigenvalue weighted by Crippen LogP contribution is -2.29. The number of hydrogen-bond donors (Lipinski definition) is 1. The Labute approximate surface area is 187 Å². The molecular formula is C23H18N2O6S. The molecule has 0 bridgehead atoms. The van der Waals surface area contributed by atoms with Crippen molar-refractivity contribution in [2.45, 2.75) is 6.04 Å². The molecule has 1 saturated heterocycles. The monoisotopic (exact) mass is 450 g/mol. The van der Waals surface area contributed by atoms with Crippen LogP contribution in [0.3, 0.4) is 0 Å². The first-order valence-electron chi connectivity index (χ1n) is 9.49. The second-order valence-corrected chi connectivity index (χ2v) is 7.70. The normalized spacial score (nSPS) is 17.4. The molecular weight excluding hydrogens is 432 g/mol. The molecule has 162 valence electrons. The minimum Gasteiger partial charge on any atom is -0.507 e. The summed E-state index contributed by atoms with van der Waals surface area (Å²) in [6.07, 6.45) is 1.53. The highest BCUT2D eigenvalue weighted by Crippen LogP contribution is 2.42. The molecule has 1 fully saturated rings. The van der Waals surface area contributed by atoms with Gasteiger partial charge < -0.3 is 14.6 Å². The Kier molecular flexibility index (Phi) is 5.74. The van der Waals surface area contributed by atoms with Gasteiger partial charge in [-0.2, -0.15) is 0 Å². The molecule has 32 heavy (non-hydrogen) atoms. The molecule has 0 spiro atoms. The number of aliphatic hydroxyl groups excluding tert-OH is 1. The van der Waals surface area contributed by atoms with Gasteiger partial charge >= 0.3 is 11.9 Å². The Morgan fingerprint density at radius 3 is 2.47 bits per heavy atom. The molecule has 1 aromatic heterocycles. The summed E-state index contributed by atoms with van der Waals surface area (Å²) in [5.74, 6) is -1.98. The van der Waals surface area contributed by atoms with Gasteiger partial charge in [0.15, 0.2) is 5.13 Å². The quantitative estimate of drug-likeness (QED) is 0.274. The zero-order valence-electron chi connectivity index (χ0n) is 17.1. The number of thiazole rings is 1. The maximum absolute atomic E-state index is 13.0. The van der Waals surface area contributed by atoms with E-state index in [1.165, 1.54) is 48.8 Å². The number of Topliss-reactive ketones (excluding diaryl/α,β-unsaturated/α-hetero) is 1. The number of aromatic nitrogens is 1. The number of carbonyl (C=O) groups excluding carboxylic acids is 3. The van der Waals surface area contributed by atoms with Crippen LogP contribution in [0.4, 0.5) is 5.13 Å². The molecule has 3 aromatic rings. The van der Waals surface area contributed by atoms with Crippen molar-refractivity contribution in [3.05, 3.63) is 82.4 Å². The van der Waals surface area contributed by atoms with Crippen LogP contribution in [-0.4, -0.2) is 42.0 Å². The average Bonchev–Trinajstić information content (AvgIpc) is 3.45. The van der Waals surface area contributed by atoms with Crippen molar-refractivity contribution in [1.82, 2.24) is 4.98 Å². The summed E-state index contributed by atoms with van der Waals surface area (Å²) in [4.78, 5) is 43.3. The zero-order valence-corrected chi connectivity index (χ0v) is 18.0. The van der Waals surface area contributed by atoms with Crippen LogP contribution in [-0.2, 0) is 14.3 Å². The number of amides is 1. The largest absolute Gasteiger partial charge is 0.507 e. The third-order valence-electron chi connectivity index (χ3n) is 5.06. The lowest BCUT2D eigenvalue weighted by molar-refractivity contribution is -0.132. The molecule has 9 heteroatoms. The third-order valence-corrected chi connectivity index (χ3v) is 5.83. The Hall–Kier alpha value is -3.98. The molecule has 1 atom stereocenters. The van der Waals surface area contributed by atoms with Gasteiger partial charge in [-0.25, -0.2) is 9.78 Å². The van der Waals surface area contributed by atoms with Crippen molar-refractivity contribution >= 4 is 39.9 Å². The third kappa shape index (κ3) is 3.63. The molecule has 4 rings (SSSR count). The van der Waals surface area contributed by atoms with E-state index in [2.05, 4.69) is 4.98 Å². The predicted octanol–water partition coefficient (Wildman–Crippen LogP) is 3.56. The summed E-state index contributed by atoms with van der Waals surface area (Å²) < 4.78 is 9.93. The van der Waals surface area contributed by atoms with Gasteiger partial charge in [-0.3, -0.25) is 14.5 Å². The van der Waals surface area contributed by atoms with Crippen molar-refractivity contribution in [3.8, 4) is 5.75 Å². The molecule has 1 unspecified atom stereocenters. The van der Waals surface area contributed by atoms with Crippen LogP contribution in [0.2, 0.25) is 0 Å². The number of ether oxygens (including phenoxy) is 2. The van der Waals surface area contributed by atoms with Crippen molar-refractivity contribution < 1.29 is 29.0 Å². The van der Waals surface area contributed by atoms with E-state index in [0.717, 1.165) is 0 Å². The van der Waals surface area contributed by atoms with E-state index >= 15 is 0 Å². The molecule has 0 saturated carbocycles. The van der Waals surface area contributed by atoms with Crippen LogP contribution in [0.1, 0.15) is 27.5 Å². The molecule has 8 nitrogen and oxygen atoms in total. The summed E-state index contributed by atoms with van der Waals surface area (Å²) in [7, 11) is 2.77. The highest BCUT2D eigenvalue weighted by molar-refractivity contribution is 7.14. The first-order valence-corrected chi connectivity index (χ1v) is 10.4. The number of aliphatic hydroxyl groups is 1. The van der Waals surface area contributed by atoms with E-state index < -0.39 is 23.7 Å². The minimum atomic E-state index is -0.931. The fraction of sp³-hybridized carbons (Fsp3) is 0.130. The summed E-state index contributed by atoms with van der Waals surface area (Å²) in [5.41, 5.74) is 1.09. The Morgan fingerprint density at radius 2 is 1.84 bits per heavy atom. The van der Waals surface area contributed by atoms with Crippen molar-refractivity contribution in [2.24, 2.45) is 0 Å². The van der Waals surface area contributed by atoms with Crippen molar-refractivity contribution in [2.75, 3.05) is 19.1 Å². The Bertz CT molecular complexity index is 1220. The average molecular weight is 450 g/mol. The smallest absolute Gasteiger partial charge is 0.337 e. The second kappa shape index (κ2) is 8.64. The lowest BCUT2D eigenvalue weighted by atomic mass is 9.94. The number of hydrogen-bond acceptors (Lipinski definition) is 8. The molecule has 1 aliphatic heterocycles.